The zero-order chi connectivity index (χ0) is 18.8. The van der Waals surface area contributed by atoms with Gasteiger partial charge in [0.05, 0.1) is 5.69 Å². The van der Waals surface area contributed by atoms with Crippen molar-refractivity contribution < 1.29 is 9.18 Å². The minimum Gasteiger partial charge on any atom is -0.368 e. The van der Waals surface area contributed by atoms with Gasteiger partial charge in [0.2, 0.25) is 5.91 Å². The summed E-state index contributed by atoms with van der Waals surface area (Å²) in [6.07, 6.45) is 3.17. The highest BCUT2D eigenvalue weighted by Crippen LogP contribution is 2.30. The molecule has 0 aliphatic carbocycles. The van der Waals surface area contributed by atoms with Crippen LogP contribution in [0, 0.1) is 5.82 Å². The third kappa shape index (κ3) is 5.03. The van der Waals surface area contributed by atoms with Gasteiger partial charge in [0, 0.05) is 31.2 Å². The lowest BCUT2D eigenvalue weighted by Crippen LogP contribution is -2.39. The average Bonchev–Trinajstić information content (AvgIpc) is 2.69. The van der Waals surface area contributed by atoms with Crippen LogP contribution in [0.5, 0.6) is 0 Å². The Kier molecular flexibility index (Phi) is 8.32. The predicted molar refractivity (Wildman–Crippen MR) is 121 cm³/mol. The molecule has 1 amide bonds. The molecule has 2 aliphatic heterocycles. The van der Waals surface area contributed by atoms with Gasteiger partial charge in [-0.1, -0.05) is 24.3 Å². The van der Waals surface area contributed by atoms with Gasteiger partial charge in [-0.15, -0.1) is 24.8 Å². The number of para-hydroxylation sites is 1. The summed E-state index contributed by atoms with van der Waals surface area (Å²) >= 11 is 0. The van der Waals surface area contributed by atoms with Crippen molar-refractivity contribution in [3.05, 3.63) is 58.9 Å². The first kappa shape index (κ1) is 23.5. The van der Waals surface area contributed by atoms with Crippen molar-refractivity contribution in [3.8, 4) is 0 Å². The first-order valence-electron chi connectivity index (χ1n) is 9.79. The van der Waals surface area contributed by atoms with Gasteiger partial charge in [0.25, 0.3) is 0 Å². The standard InChI is InChI=1S/C22H26FN3O.2ClH/c1-15-6-7-16-4-2-3-5-20(16)26(15)13-11-21(27)25-19-9-8-17-14-24-12-10-18(17)22(19)23;;/h2-5,8-9,15,24H,6-7,10-14H2,1H3,(H,25,27);2*1H. The molecule has 2 heterocycles. The second kappa shape index (κ2) is 10.3. The summed E-state index contributed by atoms with van der Waals surface area (Å²) in [6, 6.07) is 12.4. The summed E-state index contributed by atoms with van der Waals surface area (Å²) in [4.78, 5) is 14.8. The van der Waals surface area contributed by atoms with Gasteiger partial charge in [-0.25, -0.2) is 4.39 Å². The molecule has 0 saturated carbocycles. The van der Waals surface area contributed by atoms with Gasteiger partial charge in [-0.05, 0) is 61.6 Å². The maximum absolute atomic E-state index is 14.7. The number of benzene rings is 2. The Balaban J connectivity index is 0.00000150. The van der Waals surface area contributed by atoms with Crippen LogP contribution in [0.3, 0.4) is 0 Å². The summed E-state index contributed by atoms with van der Waals surface area (Å²) in [7, 11) is 0. The number of hydrogen-bond acceptors (Lipinski definition) is 3. The number of carbonyl (C=O) groups excluding carboxylic acids is 1. The van der Waals surface area contributed by atoms with E-state index in [1.807, 2.05) is 12.1 Å². The Hall–Kier alpha value is -1.82. The van der Waals surface area contributed by atoms with Gasteiger partial charge in [0.1, 0.15) is 5.82 Å². The first-order chi connectivity index (χ1) is 13.1. The Labute approximate surface area is 184 Å². The van der Waals surface area contributed by atoms with Gasteiger partial charge >= 0.3 is 0 Å². The lowest BCUT2D eigenvalue weighted by molar-refractivity contribution is -0.116. The van der Waals surface area contributed by atoms with Crippen LogP contribution in [0.2, 0.25) is 0 Å². The third-order valence-corrected chi connectivity index (χ3v) is 5.73. The summed E-state index contributed by atoms with van der Waals surface area (Å²) in [5.74, 6) is -0.419. The van der Waals surface area contributed by atoms with Crippen molar-refractivity contribution in [3.63, 3.8) is 0 Å². The van der Waals surface area contributed by atoms with E-state index in [2.05, 4.69) is 40.7 Å². The van der Waals surface area contributed by atoms with Crippen LogP contribution in [-0.4, -0.2) is 25.0 Å². The lowest BCUT2D eigenvalue weighted by atomic mass is 9.96. The molecule has 0 bridgehead atoms. The number of hydrogen-bond donors (Lipinski definition) is 2. The van der Waals surface area contributed by atoms with Crippen molar-refractivity contribution in [2.24, 2.45) is 0 Å². The van der Waals surface area contributed by atoms with Crippen LogP contribution in [0.15, 0.2) is 36.4 Å². The number of amides is 1. The summed E-state index contributed by atoms with van der Waals surface area (Å²) in [6.45, 7) is 4.30. The molecule has 1 atom stereocenters. The van der Waals surface area contributed by atoms with Gasteiger partial charge in [0.15, 0.2) is 0 Å². The second-order valence-corrected chi connectivity index (χ2v) is 7.50. The topological polar surface area (TPSA) is 44.4 Å². The summed E-state index contributed by atoms with van der Waals surface area (Å²) in [5.41, 5.74) is 4.57. The van der Waals surface area contributed by atoms with Crippen molar-refractivity contribution in [1.82, 2.24) is 5.32 Å². The molecule has 2 aromatic carbocycles. The lowest BCUT2D eigenvalue weighted by Gasteiger charge is -2.37. The smallest absolute Gasteiger partial charge is 0.226 e. The van der Waals surface area contributed by atoms with E-state index in [1.54, 1.807) is 6.07 Å². The molecule has 0 radical (unpaired) electrons. The number of rotatable bonds is 4. The van der Waals surface area contributed by atoms with Gasteiger partial charge in [-0.3, -0.25) is 4.79 Å². The minimum atomic E-state index is -0.279. The number of aryl methyl sites for hydroxylation is 1. The van der Waals surface area contributed by atoms with Crippen molar-refractivity contribution in [2.75, 3.05) is 23.3 Å². The molecule has 2 N–H and O–H groups in total. The number of nitrogens with one attached hydrogen (secondary N) is 2. The van der Waals surface area contributed by atoms with Gasteiger partial charge in [-0.2, -0.15) is 0 Å². The van der Waals surface area contributed by atoms with Crippen LogP contribution < -0.4 is 15.5 Å². The van der Waals surface area contributed by atoms with Crippen LogP contribution in [-0.2, 0) is 24.2 Å². The molecule has 2 aromatic rings. The summed E-state index contributed by atoms with van der Waals surface area (Å²) in [5, 5.41) is 6.02. The zero-order valence-electron chi connectivity index (χ0n) is 16.5. The number of fused-ring (bicyclic) bond motifs is 2. The van der Waals surface area contributed by atoms with Crippen LogP contribution >= 0.6 is 24.8 Å². The van der Waals surface area contributed by atoms with E-state index in [0.717, 1.165) is 30.5 Å². The highest BCUT2D eigenvalue weighted by molar-refractivity contribution is 5.91. The molecular weight excluding hydrogens is 412 g/mol. The number of carbonyl (C=O) groups is 1. The fourth-order valence-corrected chi connectivity index (χ4v) is 4.17. The molecular formula is C22H28Cl2FN3O. The normalized spacial score (nSPS) is 17.3. The van der Waals surface area contributed by atoms with E-state index in [0.29, 0.717) is 37.7 Å². The maximum atomic E-state index is 14.7. The van der Waals surface area contributed by atoms with E-state index < -0.39 is 0 Å². The molecule has 0 saturated heterocycles. The Morgan fingerprint density at radius 2 is 1.97 bits per heavy atom. The number of halogens is 3. The minimum absolute atomic E-state index is 0. The van der Waals surface area contributed by atoms with Crippen molar-refractivity contribution in [1.29, 1.82) is 0 Å². The molecule has 0 fully saturated rings. The van der Waals surface area contributed by atoms with Crippen molar-refractivity contribution in [2.45, 2.75) is 45.2 Å². The maximum Gasteiger partial charge on any atom is 0.226 e. The highest BCUT2D eigenvalue weighted by atomic mass is 35.5. The van der Waals surface area contributed by atoms with E-state index in [4.69, 9.17) is 0 Å². The first-order valence-corrected chi connectivity index (χ1v) is 9.79. The SMILES string of the molecule is CC1CCc2ccccc2N1CCC(=O)Nc1ccc2c(c1F)CCNC2.Cl.Cl. The zero-order valence-corrected chi connectivity index (χ0v) is 18.2. The monoisotopic (exact) mass is 439 g/mol. The van der Waals surface area contributed by atoms with E-state index in [1.165, 1.54) is 11.3 Å². The fourth-order valence-electron chi connectivity index (χ4n) is 4.17. The summed E-state index contributed by atoms with van der Waals surface area (Å²) < 4.78 is 14.7. The van der Waals surface area contributed by atoms with E-state index in [-0.39, 0.29) is 36.5 Å². The van der Waals surface area contributed by atoms with E-state index >= 15 is 0 Å². The van der Waals surface area contributed by atoms with Crippen LogP contribution in [0.25, 0.3) is 0 Å². The highest BCUT2D eigenvalue weighted by Gasteiger charge is 2.23. The fraction of sp³-hybridized carbons (Fsp3) is 0.409. The second-order valence-electron chi connectivity index (χ2n) is 7.50. The molecule has 0 spiro atoms. The van der Waals surface area contributed by atoms with Crippen LogP contribution in [0.1, 0.15) is 36.5 Å². The molecule has 0 aromatic heterocycles. The van der Waals surface area contributed by atoms with Crippen molar-refractivity contribution >= 4 is 42.1 Å². The molecule has 29 heavy (non-hydrogen) atoms. The van der Waals surface area contributed by atoms with Gasteiger partial charge < -0.3 is 15.5 Å². The largest absolute Gasteiger partial charge is 0.368 e. The van der Waals surface area contributed by atoms with E-state index in [9.17, 15) is 9.18 Å². The Bertz CT molecular complexity index is 862. The molecule has 2 aliphatic rings. The van der Waals surface area contributed by atoms with Crippen LogP contribution in [0.4, 0.5) is 15.8 Å². The third-order valence-electron chi connectivity index (χ3n) is 5.73. The molecule has 4 rings (SSSR count). The molecule has 1 unspecified atom stereocenters. The quantitative estimate of drug-likeness (QED) is 0.737. The molecule has 4 nitrogen and oxygen atoms in total. The average molecular weight is 440 g/mol. The number of nitrogens with zero attached hydrogens (tertiary/aromatic N) is 1. The Morgan fingerprint density at radius 3 is 2.79 bits per heavy atom. The number of anilines is 2. The molecule has 158 valence electrons. The Morgan fingerprint density at radius 1 is 1.17 bits per heavy atom. The molecule has 7 heteroatoms. The predicted octanol–water partition coefficient (Wildman–Crippen LogP) is 4.48.